The third-order valence-corrected chi connectivity index (χ3v) is 3.93. The van der Waals surface area contributed by atoms with Crippen LogP contribution in [0.1, 0.15) is 32.1 Å². The van der Waals surface area contributed by atoms with Crippen molar-refractivity contribution in [2.75, 3.05) is 6.54 Å². The smallest absolute Gasteiger partial charge is 0.00725 e. The molecule has 3 unspecified atom stereocenters. The van der Waals surface area contributed by atoms with E-state index >= 15 is 0 Å². The molecule has 10 heavy (non-hydrogen) atoms. The fourth-order valence-corrected chi connectivity index (χ4v) is 3.19. The van der Waals surface area contributed by atoms with E-state index in [0.717, 1.165) is 17.4 Å². The van der Waals surface area contributed by atoms with Crippen molar-refractivity contribution in [1.82, 2.24) is 5.32 Å². The van der Waals surface area contributed by atoms with E-state index in [9.17, 15) is 0 Å². The molecule has 1 nitrogen and oxygen atoms in total. The minimum absolute atomic E-state index is 0.883. The summed E-state index contributed by atoms with van der Waals surface area (Å²) in [5, 5.41) is 3.60. The molecular formula is C9H15N. The molecule has 1 heteroatoms. The molecule has 2 saturated carbocycles. The first-order chi connectivity index (χ1) is 4.89. The highest BCUT2D eigenvalue weighted by atomic mass is 15.0. The monoisotopic (exact) mass is 137 g/mol. The van der Waals surface area contributed by atoms with Crippen molar-refractivity contribution in [3.8, 4) is 0 Å². The first-order valence-electron chi connectivity index (χ1n) is 4.62. The highest BCUT2D eigenvalue weighted by Crippen LogP contribution is 2.64. The predicted molar refractivity (Wildman–Crippen MR) is 40.8 cm³/mol. The summed E-state index contributed by atoms with van der Waals surface area (Å²) in [5.74, 6) is 1.16. The second-order valence-electron chi connectivity index (χ2n) is 4.45. The molecule has 3 fully saturated rings. The van der Waals surface area contributed by atoms with E-state index in [1.165, 1.54) is 32.2 Å². The summed E-state index contributed by atoms with van der Waals surface area (Å²) in [6.07, 6.45) is 7.56. The van der Waals surface area contributed by atoms with E-state index in [-0.39, 0.29) is 0 Å². The van der Waals surface area contributed by atoms with E-state index in [1.807, 2.05) is 0 Å². The van der Waals surface area contributed by atoms with Crippen molar-refractivity contribution >= 4 is 0 Å². The summed E-state index contributed by atoms with van der Waals surface area (Å²) in [6.45, 7) is 1.31. The third-order valence-electron chi connectivity index (χ3n) is 3.93. The van der Waals surface area contributed by atoms with Crippen molar-refractivity contribution in [2.45, 2.75) is 38.1 Å². The molecule has 3 rings (SSSR count). The fraction of sp³-hybridized carbons (Fsp3) is 1.00. The molecule has 1 spiro atoms. The lowest BCUT2D eigenvalue weighted by molar-refractivity contribution is 0.207. The number of piperidine rings is 1. The van der Waals surface area contributed by atoms with Crippen LogP contribution in [0.3, 0.4) is 0 Å². The van der Waals surface area contributed by atoms with E-state index in [4.69, 9.17) is 0 Å². The first-order valence-corrected chi connectivity index (χ1v) is 4.62. The minimum atomic E-state index is 0.883. The molecule has 0 aromatic heterocycles. The quantitative estimate of drug-likeness (QED) is 0.534. The number of hydrogen-bond acceptors (Lipinski definition) is 1. The number of fused-ring (bicyclic) bond motifs is 1. The van der Waals surface area contributed by atoms with E-state index < -0.39 is 0 Å². The Balaban J connectivity index is 1.87. The van der Waals surface area contributed by atoms with Crippen LogP contribution in [-0.2, 0) is 0 Å². The minimum Gasteiger partial charge on any atom is -0.314 e. The lowest BCUT2D eigenvalue weighted by Gasteiger charge is -2.35. The van der Waals surface area contributed by atoms with Gasteiger partial charge in [-0.2, -0.15) is 0 Å². The van der Waals surface area contributed by atoms with Gasteiger partial charge in [0.25, 0.3) is 0 Å². The maximum absolute atomic E-state index is 3.60. The Hall–Kier alpha value is -0.0400. The average molecular weight is 137 g/mol. The predicted octanol–water partition coefficient (Wildman–Crippen LogP) is 1.54. The topological polar surface area (TPSA) is 12.0 Å². The van der Waals surface area contributed by atoms with Crippen LogP contribution in [0.4, 0.5) is 0 Å². The highest BCUT2D eigenvalue weighted by molar-refractivity contribution is 5.09. The van der Waals surface area contributed by atoms with Gasteiger partial charge >= 0.3 is 0 Å². The van der Waals surface area contributed by atoms with Crippen LogP contribution in [0, 0.1) is 11.3 Å². The Morgan fingerprint density at radius 1 is 1.20 bits per heavy atom. The van der Waals surface area contributed by atoms with Gasteiger partial charge < -0.3 is 5.32 Å². The molecule has 3 aliphatic rings. The van der Waals surface area contributed by atoms with Gasteiger partial charge in [0.2, 0.25) is 0 Å². The fourth-order valence-electron chi connectivity index (χ4n) is 3.19. The van der Waals surface area contributed by atoms with Gasteiger partial charge in [0.05, 0.1) is 0 Å². The van der Waals surface area contributed by atoms with Crippen LogP contribution in [0.15, 0.2) is 0 Å². The summed E-state index contributed by atoms with van der Waals surface area (Å²) in [6, 6.07) is 0.910. The summed E-state index contributed by atoms with van der Waals surface area (Å²) >= 11 is 0. The van der Waals surface area contributed by atoms with Crippen molar-refractivity contribution in [1.29, 1.82) is 0 Å². The second-order valence-corrected chi connectivity index (χ2v) is 4.45. The van der Waals surface area contributed by atoms with Gasteiger partial charge in [-0.1, -0.05) is 0 Å². The molecule has 0 radical (unpaired) electrons. The zero-order valence-corrected chi connectivity index (χ0v) is 6.40. The lowest BCUT2D eigenvalue weighted by atomic mass is 9.80. The molecule has 1 saturated heterocycles. The number of hydrogen-bond donors (Lipinski definition) is 1. The van der Waals surface area contributed by atoms with Crippen LogP contribution in [0.2, 0.25) is 0 Å². The SMILES string of the molecule is C1CC23CC(CCC2C3)N1. The molecule has 0 aromatic carbocycles. The summed E-state index contributed by atoms with van der Waals surface area (Å²) in [7, 11) is 0. The molecule has 1 aliphatic heterocycles. The molecule has 2 aliphatic carbocycles. The summed E-state index contributed by atoms with van der Waals surface area (Å²) < 4.78 is 0. The molecule has 1 heterocycles. The van der Waals surface area contributed by atoms with Crippen molar-refractivity contribution in [3.05, 3.63) is 0 Å². The van der Waals surface area contributed by atoms with Gasteiger partial charge in [-0.3, -0.25) is 0 Å². The lowest BCUT2D eigenvalue weighted by Crippen LogP contribution is -2.41. The largest absolute Gasteiger partial charge is 0.314 e. The highest BCUT2D eigenvalue weighted by Gasteiger charge is 2.57. The molecule has 2 bridgehead atoms. The first kappa shape index (κ1) is 5.59. The summed E-state index contributed by atoms with van der Waals surface area (Å²) in [5.41, 5.74) is 0.883. The van der Waals surface area contributed by atoms with Gasteiger partial charge in [-0.05, 0) is 50.0 Å². The molecule has 1 N–H and O–H groups in total. The molecular weight excluding hydrogens is 122 g/mol. The Morgan fingerprint density at radius 3 is 3.10 bits per heavy atom. The van der Waals surface area contributed by atoms with Gasteiger partial charge in [0, 0.05) is 6.04 Å². The van der Waals surface area contributed by atoms with E-state index in [1.54, 1.807) is 6.42 Å². The third kappa shape index (κ3) is 0.572. The Bertz CT molecular complexity index is 164. The van der Waals surface area contributed by atoms with Gasteiger partial charge in [0.15, 0.2) is 0 Å². The standard InChI is InChI=1S/C9H15N/c1-2-8-6-9(3-4-10-8)5-7(1)9/h7-8,10H,1-6H2. The Morgan fingerprint density at radius 2 is 2.20 bits per heavy atom. The van der Waals surface area contributed by atoms with Gasteiger partial charge in [-0.25, -0.2) is 0 Å². The van der Waals surface area contributed by atoms with Crippen LogP contribution < -0.4 is 5.32 Å². The second kappa shape index (κ2) is 1.58. The van der Waals surface area contributed by atoms with Crippen LogP contribution in [0.5, 0.6) is 0 Å². The number of nitrogens with one attached hydrogen (secondary N) is 1. The average Bonchev–Trinajstić information content (AvgIpc) is 2.60. The molecule has 0 amide bonds. The van der Waals surface area contributed by atoms with E-state index in [0.29, 0.717) is 0 Å². The van der Waals surface area contributed by atoms with Crippen molar-refractivity contribution < 1.29 is 0 Å². The van der Waals surface area contributed by atoms with Crippen molar-refractivity contribution in [3.63, 3.8) is 0 Å². The normalized spacial score (nSPS) is 57.6. The maximum Gasteiger partial charge on any atom is 0.00725 e. The Labute approximate surface area is 62.2 Å². The van der Waals surface area contributed by atoms with E-state index in [2.05, 4.69) is 5.32 Å². The van der Waals surface area contributed by atoms with Crippen LogP contribution >= 0.6 is 0 Å². The zero-order valence-electron chi connectivity index (χ0n) is 6.40. The number of rotatable bonds is 0. The van der Waals surface area contributed by atoms with Gasteiger partial charge in [0.1, 0.15) is 0 Å². The molecule has 56 valence electrons. The maximum atomic E-state index is 3.60. The zero-order chi connectivity index (χ0) is 6.60. The molecule has 0 aromatic rings. The molecule has 3 atom stereocenters. The summed E-state index contributed by atoms with van der Waals surface area (Å²) in [4.78, 5) is 0. The van der Waals surface area contributed by atoms with Crippen LogP contribution in [-0.4, -0.2) is 12.6 Å². The van der Waals surface area contributed by atoms with Crippen molar-refractivity contribution in [2.24, 2.45) is 11.3 Å². The Kier molecular flexibility index (Phi) is 0.883. The van der Waals surface area contributed by atoms with Crippen LogP contribution in [0.25, 0.3) is 0 Å². The van der Waals surface area contributed by atoms with Gasteiger partial charge in [-0.15, -0.1) is 0 Å².